The zero-order chi connectivity index (χ0) is 24.3. The number of allylic oxidation sites excluding steroid dienone is 2. The first-order valence-electron chi connectivity index (χ1n) is 13.4. The topological polar surface area (TPSA) is 46.5 Å². The summed E-state index contributed by atoms with van der Waals surface area (Å²) in [6, 6.07) is 15.0. The van der Waals surface area contributed by atoms with E-state index >= 15 is 0 Å². The number of carbonyl (C=O) groups is 1. The zero-order valence-electron chi connectivity index (χ0n) is 21.1. The van der Waals surface area contributed by atoms with E-state index in [-0.39, 0.29) is 0 Å². The summed E-state index contributed by atoms with van der Waals surface area (Å²) in [5, 5.41) is 9.01. The lowest BCUT2D eigenvalue weighted by Gasteiger charge is -2.08. The lowest BCUT2D eigenvalue weighted by Crippen LogP contribution is -1.97. The van der Waals surface area contributed by atoms with Crippen molar-refractivity contribution in [2.45, 2.75) is 96.8 Å². The van der Waals surface area contributed by atoms with Crippen molar-refractivity contribution in [2.75, 3.05) is 6.61 Å². The fraction of sp³-hybridized carbons (Fsp3) is 0.516. The molecule has 0 unspecified atom stereocenters. The second kappa shape index (κ2) is 17.9. The van der Waals surface area contributed by atoms with Gasteiger partial charge in [-0.2, -0.15) is 0 Å². The van der Waals surface area contributed by atoms with Gasteiger partial charge in [-0.3, -0.25) is 0 Å². The number of carboxylic acids is 1. The van der Waals surface area contributed by atoms with Gasteiger partial charge in [-0.15, -0.1) is 0 Å². The molecular formula is C31H44O3. The number of hydrogen-bond donors (Lipinski definition) is 1. The van der Waals surface area contributed by atoms with E-state index in [1.807, 2.05) is 36.4 Å². The summed E-state index contributed by atoms with van der Waals surface area (Å²) < 4.78 is 5.88. The molecule has 3 heteroatoms. The second-order valence-corrected chi connectivity index (χ2v) is 9.19. The van der Waals surface area contributed by atoms with Gasteiger partial charge in [0.2, 0.25) is 0 Å². The highest BCUT2D eigenvalue weighted by molar-refractivity contribution is 5.88. The smallest absolute Gasteiger partial charge is 0.335 e. The molecule has 1 N–H and O–H groups in total. The maximum absolute atomic E-state index is 11.0. The quantitative estimate of drug-likeness (QED) is 0.166. The first-order chi connectivity index (χ1) is 16.7. The molecular weight excluding hydrogens is 420 g/mol. The van der Waals surface area contributed by atoms with Crippen molar-refractivity contribution in [3.63, 3.8) is 0 Å². The van der Waals surface area contributed by atoms with Crippen LogP contribution < -0.4 is 4.74 Å². The molecule has 2 aromatic rings. The number of rotatable bonds is 19. The van der Waals surface area contributed by atoms with Crippen molar-refractivity contribution < 1.29 is 14.6 Å². The Hall–Kier alpha value is -2.55. The second-order valence-electron chi connectivity index (χ2n) is 9.19. The summed E-state index contributed by atoms with van der Waals surface area (Å²) in [6.07, 6.45) is 23.1. The van der Waals surface area contributed by atoms with Gasteiger partial charge < -0.3 is 9.84 Å². The summed E-state index contributed by atoms with van der Waals surface area (Å²) in [4.78, 5) is 11.0. The molecule has 0 radical (unpaired) electrons. The number of carboxylic acid groups (broad SMARTS) is 1. The predicted molar refractivity (Wildman–Crippen MR) is 144 cm³/mol. The largest absolute Gasteiger partial charge is 0.494 e. The van der Waals surface area contributed by atoms with Crippen LogP contribution in [0.25, 0.3) is 11.1 Å². The van der Waals surface area contributed by atoms with E-state index in [4.69, 9.17) is 9.84 Å². The van der Waals surface area contributed by atoms with Gasteiger partial charge in [0.05, 0.1) is 12.2 Å². The van der Waals surface area contributed by atoms with Crippen LogP contribution in [0, 0.1) is 0 Å². The summed E-state index contributed by atoms with van der Waals surface area (Å²) in [5.74, 6) is -0.0137. The molecule has 2 aromatic carbocycles. The van der Waals surface area contributed by atoms with E-state index in [9.17, 15) is 4.79 Å². The van der Waals surface area contributed by atoms with Crippen LogP contribution in [0.1, 0.15) is 107 Å². The van der Waals surface area contributed by atoms with E-state index in [2.05, 4.69) is 19.1 Å². The van der Waals surface area contributed by atoms with Crippen LogP contribution in [0.3, 0.4) is 0 Å². The molecule has 0 saturated carbocycles. The molecule has 0 spiro atoms. The van der Waals surface area contributed by atoms with Gasteiger partial charge in [0, 0.05) is 0 Å². The Morgan fingerprint density at radius 2 is 1.15 bits per heavy atom. The highest BCUT2D eigenvalue weighted by atomic mass is 16.5. The molecule has 0 aliphatic rings. The minimum atomic E-state index is -0.901. The molecule has 0 bridgehead atoms. The van der Waals surface area contributed by atoms with E-state index in [1.165, 1.54) is 83.5 Å². The van der Waals surface area contributed by atoms with Crippen molar-refractivity contribution in [3.05, 3.63) is 66.2 Å². The van der Waals surface area contributed by atoms with E-state index in [1.54, 1.807) is 12.1 Å². The molecule has 3 nitrogen and oxygen atoms in total. The van der Waals surface area contributed by atoms with Gasteiger partial charge in [-0.05, 0) is 67.5 Å². The van der Waals surface area contributed by atoms with Gasteiger partial charge in [-0.1, -0.05) is 101 Å². The maximum atomic E-state index is 11.0. The Bertz CT molecular complexity index is 806. The number of ether oxygens (including phenoxy) is 1. The van der Waals surface area contributed by atoms with Crippen molar-refractivity contribution in [1.29, 1.82) is 0 Å². The van der Waals surface area contributed by atoms with Gasteiger partial charge in [0.25, 0.3) is 0 Å². The van der Waals surface area contributed by atoms with E-state index in [0.29, 0.717) is 5.56 Å². The third-order valence-electron chi connectivity index (χ3n) is 6.24. The Labute approximate surface area is 207 Å². The van der Waals surface area contributed by atoms with Gasteiger partial charge in [-0.25, -0.2) is 4.79 Å². The maximum Gasteiger partial charge on any atom is 0.335 e. The van der Waals surface area contributed by atoms with Crippen LogP contribution >= 0.6 is 0 Å². The molecule has 0 aliphatic heterocycles. The van der Waals surface area contributed by atoms with Gasteiger partial charge in [0.15, 0.2) is 0 Å². The average molecular weight is 465 g/mol. The molecule has 2 rings (SSSR count). The standard InChI is InChI=1S/C31H44O3/c1-2-3-4-5-6-7-8-9-10-11-12-13-14-15-16-17-26-34-30-24-22-28(23-25-30)27-18-20-29(21-19-27)31(32)33/h9-10,18-25H,2-8,11-17,26H2,1H3,(H,32,33)/b10-9-. The van der Waals surface area contributed by atoms with Crippen LogP contribution in [0.5, 0.6) is 5.75 Å². The van der Waals surface area contributed by atoms with Crippen molar-refractivity contribution in [3.8, 4) is 16.9 Å². The first-order valence-corrected chi connectivity index (χ1v) is 13.4. The molecule has 0 heterocycles. The highest BCUT2D eigenvalue weighted by Crippen LogP contribution is 2.23. The number of aromatic carboxylic acids is 1. The predicted octanol–water partition coefficient (Wildman–Crippen LogP) is 9.47. The van der Waals surface area contributed by atoms with Crippen LogP contribution in [-0.4, -0.2) is 17.7 Å². The normalized spacial score (nSPS) is 11.2. The van der Waals surface area contributed by atoms with E-state index < -0.39 is 5.97 Å². The van der Waals surface area contributed by atoms with Crippen LogP contribution in [-0.2, 0) is 0 Å². The van der Waals surface area contributed by atoms with Crippen molar-refractivity contribution >= 4 is 5.97 Å². The molecule has 0 aliphatic carbocycles. The minimum Gasteiger partial charge on any atom is -0.494 e. The molecule has 0 aromatic heterocycles. The lowest BCUT2D eigenvalue weighted by atomic mass is 10.0. The monoisotopic (exact) mass is 464 g/mol. The fourth-order valence-corrected chi connectivity index (χ4v) is 4.09. The lowest BCUT2D eigenvalue weighted by molar-refractivity contribution is 0.0697. The number of benzene rings is 2. The SMILES string of the molecule is CCCCCCCC/C=C\CCCCCCCCOc1ccc(-c2ccc(C(=O)O)cc2)cc1. The molecule has 34 heavy (non-hydrogen) atoms. The summed E-state index contributed by atoms with van der Waals surface area (Å²) in [5.41, 5.74) is 2.37. The number of hydrogen-bond acceptors (Lipinski definition) is 2. The van der Waals surface area contributed by atoms with E-state index in [0.717, 1.165) is 29.9 Å². The molecule has 0 saturated heterocycles. The number of unbranched alkanes of at least 4 members (excludes halogenated alkanes) is 12. The molecule has 0 amide bonds. The Morgan fingerprint density at radius 1 is 0.676 bits per heavy atom. The fourth-order valence-electron chi connectivity index (χ4n) is 4.09. The highest BCUT2D eigenvalue weighted by Gasteiger charge is 2.03. The summed E-state index contributed by atoms with van der Waals surface area (Å²) >= 11 is 0. The Kier molecular flexibility index (Phi) is 14.5. The van der Waals surface area contributed by atoms with Crippen molar-refractivity contribution in [1.82, 2.24) is 0 Å². The van der Waals surface area contributed by atoms with Gasteiger partial charge in [0.1, 0.15) is 5.75 Å². The average Bonchev–Trinajstić information content (AvgIpc) is 2.86. The third kappa shape index (κ3) is 12.1. The van der Waals surface area contributed by atoms with Gasteiger partial charge >= 0.3 is 5.97 Å². The first kappa shape index (κ1) is 27.7. The van der Waals surface area contributed by atoms with Crippen LogP contribution in [0.2, 0.25) is 0 Å². The van der Waals surface area contributed by atoms with Crippen molar-refractivity contribution in [2.24, 2.45) is 0 Å². The third-order valence-corrected chi connectivity index (χ3v) is 6.24. The Morgan fingerprint density at radius 3 is 1.68 bits per heavy atom. The summed E-state index contributed by atoms with van der Waals surface area (Å²) in [7, 11) is 0. The molecule has 186 valence electrons. The molecule has 0 fully saturated rings. The summed E-state index contributed by atoms with van der Waals surface area (Å²) in [6.45, 7) is 3.03. The zero-order valence-corrected chi connectivity index (χ0v) is 21.1. The minimum absolute atomic E-state index is 0.305. The van der Waals surface area contributed by atoms with Crippen LogP contribution in [0.15, 0.2) is 60.7 Å². The molecule has 0 atom stereocenters. The van der Waals surface area contributed by atoms with Crippen LogP contribution in [0.4, 0.5) is 0 Å². The Balaban J connectivity index is 1.44.